The maximum absolute atomic E-state index is 11.9. The summed E-state index contributed by atoms with van der Waals surface area (Å²) in [6.45, 7) is 3.94. The summed E-state index contributed by atoms with van der Waals surface area (Å²) in [6.07, 6.45) is 2.99. The number of rotatable bonds is 4. The molecule has 0 unspecified atom stereocenters. The van der Waals surface area contributed by atoms with E-state index in [4.69, 9.17) is 0 Å². The molecule has 0 bridgehead atoms. The highest BCUT2D eigenvalue weighted by molar-refractivity contribution is 9.10. The van der Waals surface area contributed by atoms with Crippen LogP contribution in [0.1, 0.15) is 36.7 Å². The fraction of sp³-hybridized carbons (Fsp3) is 0.533. The number of pyridine rings is 1. The van der Waals surface area contributed by atoms with E-state index >= 15 is 0 Å². The first kappa shape index (κ1) is 15.9. The van der Waals surface area contributed by atoms with E-state index < -0.39 is 0 Å². The minimum absolute atomic E-state index is 0.141. The summed E-state index contributed by atoms with van der Waals surface area (Å²) in [6, 6.07) is 5.29. The first-order valence-corrected chi connectivity index (χ1v) is 8.02. The van der Waals surface area contributed by atoms with Gasteiger partial charge in [0.25, 0.3) is 5.91 Å². The van der Waals surface area contributed by atoms with Crippen LogP contribution in [-0.4, -0.2) is 41.3 Å². The van der Waals surface area contributed by atoms with Crippen LogP contribution in [0.4, 0.5) is 0 Å². The molecule has 1 aliphatic heterocycles. The Kier molecular flexibility index (Phi) is 5.73. The van der Waals surface area contributed by atoms with Crippen LogP contribution in [0.2, 0.25) is 0 Å². The number of carbonyl (C=O) groups is 2. The van der Waals surface area contributed by atoms with Gasteiger partial charge in [0.1, 0.15) is 10.3 Å². The highest BCUT2D eigenvalue weighted by atomic mass is 79.9. The number of likely N-dealkylation sites (tertiary alicyclic amines) is 1. The van der Waals surface area contributed by atoms with Gasteiger partial charge in [-0.2, -0.15) is 0 Å². The smallest absolute Gasteiger partial charge is 0.269 e. The average molecular weight is 354 g/mol. The van der Waals surface area contributed by atoms with Gasteiger partial charge in [-0.15, -0.1) is 0 Å². The van der Waals surface area contributed by atoms with E-state index in [-0.39, 0.29) is 11.8 Å². The molecule has 0 aliphatic carbocycles. The van der Waals surface area contributed by atoms with Crippen LogP contribution in [0.15, 0.2) is 22.8 Å². The Bertz CT molecular complexity index is 513. The van der Waals surface area contributed by atoms with Gasteiger partial charge in [-0.05, 0) is 53.2 Å². The number of halogens is 1. The third-order valence-electron chi connectivity index (χ3n) is 3.85. The fourth-order valence-corrected chi connectivity index (χ4v) is 2.90. The van der Waals surface area contributed by atoms with Crippen LogP contribution < -0.4 is 5.32 Å². The molecule has 0 radical (unpaired) electrons. The average Bonchev–Trinajstić information content (AvgIpc) is 2.47. The Hall–Kier alpha value is -1.43. The molecule has 0 atom stereocenters. The van der Waals surface area contributed by atoms with Gasteiger partial charge in [-0.1, -0.05) is 6.07 Å². The topological polar surface area (TPSA) is 62.3 Å². The predicted octanol–water partition coefficient (Wildman–Crippen LogP) is 2.22. The number of hydrogen-bond acceptors (Lipinski definition) is 3. The second-order valence-corrected chi connectivity index (χ2v) is 6.15. The summed E-state index contributed by atoms with van der Waals surface area (Å²) in [5.41, 5.74) is 0.427. The summed E-state index contributed by atoms with van der Waals surface area (Å²) in [5, 5.41) is 2.90. The van der Waals surface area contributed by atoms with Crippen molar-refractivity contribution in [1.29, 1.82) is 0 Å². The van der Waals surface area contributed by atoms with Gasteiger partial charge in [0.2, 0.25) is 5.91 Å². The Balaban J connectivity index is 1.70. The Morgan fingerprint density at radius 2 is 2.10 bits per heavy atom. The molecule has 6 heteroatoms. The maximum atomic E-state index is 11.9. The molecular formula is C15H20BrN3O2. The van der Waals surface area contributed by atoms with Crippen molar-refractivity contribution >= 4 is 27.7 Å². The second-order valence-electron chi connectivity index (χ2n) is 5.34. The van der Waals surface area contributed by atoms with E-state index in [0.29, 0.717) is 22.8 Å². The number of aromatic nitrogens is 1. The van der Waals surface area contributed by atoms with Gasteiger partial charge < -0.3 is 10.2 Å². The Labute approximate surface area is 133 Å². The van der Waals surface area contributed by atoms with Crippen LogP contribution in [-0.2, 0) is 4.79 Å². The Morgan fingerprint density at radius 1 is 1.38 bits per heavy atom. The van der Waals surface area contributed by atoms with E-state index in [9.17, 15) is 9.59 Å². The summed E-state index contributed by atoms with van der Waals surface area (Å²) >= 11 is 3.26. The molecule has 1 aromatic rings. The van der Waals surface area contributed by atoms with Crippen LogP contribution in [0, 0.1) is 5.92 Å². The highest BCUT2D eigenvalue weighted by Gasteiger charge is 2.20. The molecule has 1 aromatic heterocycles. The molecule has 0 aromatic carbocycles. The SMILES string of the molecule is CC(=O)N1CCC(CCNC(=O)c2cccc(Br)n2)CC1. The van der Waals surface area contributed by atoms with Gasteiger partial charge in [0, 0.05) is 26.6 Å². The lowest BCUT2D eigenvalue weighted by molar-refractivity contribution is -0.130. The quantitative estimate of drug-likeness (QED) is 0.844. The van der Waals surface area contributed by atoms with Crippen molar-refractivity contribution in [3.8, 4) is 0 Å². The molecule has 5 nitrogen and oxygen atoms in total. The fourth-order valence-electron chi connectivity index (χ4n) is 2.55. The lowest BCUT2D eigenvalue weighted by Gasteiger charge is -2.31. The molecule has 1 saturated heterocycles. The van der Waals surface area contributed by atoms with Crippen molar-refractivity contribution in [3.05, 3.63) is 28.5 Å². The van der Waals surface area contributed by atoms with Crippen LogP contribution in [0.5, 0.6) is 0 Å². The van der Waals surface area contributed by atoms with Crippen molar-refractivity contribution in [1.82, 2.24) is 15.2 Å². The van der Waals surface area contributed by atoms with Crippen molar-refractivity contribution in [2.24, 2.45) is 5.92 Å². The van der Waals surface area contributed by atoms with Gasteiger partial charge in [-0.25, -0.2) is 4.98 Å². The second kappa shape index (κ2) is 7.54. The van der Waals surface area contributed by atoms with Crippen molar-refractivity contribution in [3.63, 3.8) is 0 Å². The number of piperidine rings is 1. The molecule has 2 rings (SSSR count). The number of carbonyl (C=O) groups excluding carboxylic acids is 2. The minimum atomic E-state index is -0.141. The van der Waals surface area contributed by atoms with E-state index in [2.05, 4.69) is 26.2 Å². The van der Waals surface area contributed by atoms with Crippen molar-refractivity contribution in [2.45, 2.75) is 26.2 Å². The molecule has 0 saturated carbocycles. The molecule has 21 heavy (non-hydrogen) atoms. The lowest BCUT2D eigenvalue weighted by atomic mass is 9.93. The number of nitrogens with zero attached hydrogens (tertiary/aromatic N) is 2. The van der Waals surface area contributed by atoms with Crippen molar-refractivity contribution in [2.75, 3.05) is 19.6 Å². The maximum Gasteiger partial charge on any atom is 0.269 e. The minimum Gasteiger partial charge on any atom is -0.351 e. The number of hydrogen-bond donors (Lipinski definition) is 1. The zero-order chi connectivity index (χ0) is 15.2. The largest absolute Gasteiger partial charge is 0.351 e. The van der Waals surface area contributed by atoms with E-state index in [1.807, 2.05) is 4.90 Å². The summed E-state index contributed by atoms with van der Waals surface area (Å²) in [7, 11) is 0. The third-order valence-corrected chi connectivity index (χ3v) is 4.29. The normalized spacial score (nSPS) is 15.8. The molecule has 1 aliphatic rings. The molecule has 2 amide bonds. The lowest BCUT2D eigenvalue weighted by Crippen LogP contribution is -2.38. The van der Waals surface area contributed by atoms with Crippen molar-refractivity contribution < 1.29 is 9.59 Å². The molecule has 2 heterocycles. The zero-order valence-electron chi connectivity index (χ0n) is 12.1. The van der Waals surface area contributed by atoms with Crippen LogP contribution in [0.3, 0.4) is 0 Å². The molecular weight excluding hydrogens is 334 g/mol. The van der Waals surface area contributed by atoms with Gasteiger partial charge >= 0.3 is 0 Å². The molecule has 1 N–H and O–H groups in total. The van der Waals surface area contributed by atoms with Gasteiger partial charge in [0.15, 0.2) is 0 Å². The molecule has 1 fully saturated rings. The Morgan fingerprint density at radius 3 is 2.71 bits per heavy atom. The zero-order valence-corrected chi connectivity index (χ0v) is 13.7. The van der Waals surface area contributed by atoms with E-state index in [0.717, 1.165) is 32.4 Å². The highest BCUT2D eigenvalue weighted by Crippen LogP contribution is 2.20. The van der Waals surface area contributed by atoms with Gasteiger partial charge in [0.05, 0.1) is 0 Å². The summed E-state index contributed by atoms with van der Waals surface area (Å²) in [4.78, 5) is 29.2. The predicted molar refractivity (Wildman–Crippen MR) is 83.9 cm³/mol. The molecule has 0 spiro atoms. The number of amides is 2. The number of nitrogens with one attached hydrogen (secondary N) is 1. The third kappa shape index (κ3) is 4.81. The first-order valence-electron chi connectivity index (χ1n) is 7.22. The van der Waals surface area contributed by atoms with Crippen LogP contribution >= 0.6 is 15.9 Å². The standard InChI is InChI=1S/C15H20BrN3O2/c1-11(20)19-9-6-12(7-10-19)5-8-17-15(21)13-3-2-4-14(16)18-13/h2-4,12H,5-10H2,1H3,(H,17,21). The first-order chi connectivity index (χ1) is 10.1. The molecule has 114 valence electrons. The summed E-state index contributed by atoms with van der Waals surface area (Å²) in [5.74, 6) is 0.594. The van der Waals surface area contributed by atoms with E-state index in [1.54, 1.807) is 25.1 Å². The summed E-state index contributed by atoms with van der Waals surface area (Å²) < 4.78 is 0.659. The van der Waals surface area contributed by atoms with E-state index in [1.165, 1.54) is 0 Å². The van der Waals surface area contributed by atoms with Gasteiger partial charge in [-0.3, -0.25) is 9.59 Å². The van der Waals surface area contributed by atoms with Crippen LogP contribution in [0.25, 0.3) is 0 Å². The monoisotopic (exact) mass is 353 g/mol.